The molecule has 3 atom stereocenters. The molecule has 6 nitrogen and oxygen atoms in total. The predicted octanol–water partition coefficient (Wildman–Crippen LogP) is 2.94. The zero-order chi connectivity index (χ0) is 20.3. The number of rotatable bonds is 6. The molecule has 0 radical (unpaired) electrons. The first kappa shape index (κ1) is 21.2. The fraction of sp³-hybridized carbons (Fsp3) is 0.826. The van der Waals surface area contributed by atoms with E-state index in [0.29, 0.717) is 11.3 Å². The lowest BCUT2D eigenvalue weighted by molar-refractivity contribution is -0.0871. The van der Waals surface area contributed by atoms with Crippen molar-refractivity contribution in [1.29, 1.82) is 0 Å². The van der Waals surface area contributed by atoms with E-state index in [1.54, 1.807) is 0 Å². The Morgan fingerprint density at radius 2 is 1.93 bits per heavy atom. The number of piperidine rings is 1. The van der Waals surface area contributed by atoms with Crippen LogP contribution in [0.1, 0.15) is 56.8 Å². The van der Waals surface area contributed by atoms with Crippen molar-refractivity contribution in [3.63, 3.8) is 0 Å². The van der Waals surface area contributed by atoms with Crippen LogP contribution in [0.15, 0.2) is 12.4 Å². The van der Waals surface area contributed by atoms with Crippen LogP contribution in [-0.2, 0) is 16.0 Å². The molecule has 0 bridgehead atoms. The molecule has 3 heterocycles. The number of fused-ring (bicyclic) bond motifs is 1. The Bertz CT molecular complexity index is 647. The summed E-state index contributed by atoms with van der Waals surface area (Å²) in [5.74, 6) is 2.08. The Labute approximate surface area is 176 Å². The van der Waals surface area contributed by atoms with Gasteiger partial charge in [0.15, 0.2) is 0 Å². The first-order chi connectivity index (χ1) is 14.1. The second kappa shape index (κ2) is 9.38. The summed E-state index contributed by atoms with van der Waals surface area (Å²) in [5.41, 5.74) is 1.52. The monoisotopic (exact) mass is 402 g/mol. The summed E-state index contributed by atoms with van der Waals surface area (Å²) in [5, 5.41) is 0. The van der Waals surface area contributed by atoms with Crippen LogP contribution >= 0.6 is 0 Å². The fourth-order valence-electron chi connectivity index (χ4n) is 5.78. The molecule has 1 aliphatic carbocycles. The van der Waals surface area contributed by atoms with Gasteiger partial charge in [-0.25, -0.2) is 9.97 Å². The molecule has 0 amide bonds. The predicted molar refractivity (Wildman–Crippen MR) is 114 cm³/mol. The molecular formula is C23H38N4O2. The number of nitrogens with zero attached hydrogens (tertiary/aromatic N) is 4. The van der Waals surface area contributed by atoms with Gasteiger partial charge in [0.1, 0.15) is 5.82 Å². The van der Waals surface area contributed by atoms with E-state index in [2.05, 4.69) is 33.6 Å². The van der Waals surface area contributed by atoms with Crippen LogP contribution in [0.25, 0.3) is 0 Å². The minimum atomic E-state index is 0.300. The average molecular weight is 403 g/mol. The van der Waals surface area contributed by atoms with Gasteiger partial charge in [0, 0.05) is 68.6 Å². The van der Waals surface area contributed by atoms with Gasteiger partial charge >= 0.3 is 0 Å². The second-order valence-electron chi connectivity index (χ2n) is 9.67. The third-order valence-electron chi connectivity index (χ3n) is 7.37. The second-order valence-corrected chi connectivity index (χ2v) is 9.67. The van der Waals surface area contributed by atoms with Gasteiger partial charge < -0.3 is 9.47 Å². The van der Waals surface area contributed by atoms with Gasteiger partial charge in [-0.2, -0.15) is 0 Å². The largest absolute Gasteiger partial charge is 0.384 e. The Hall–Kier alpha value is -1.08. The van der Waals surface area contributed by atoms with Crippen LogP contribution in [0, 0.1) is 11.3 Å². The lowest BCUT2D eigenvalue weighted by Gasteiger charge is -2.54. The van der Waals surface area contributed by atoms with E-state index in [1.807, 2.05) is 19.5 Å². The van der Waals surface area contributed by atoms with Gasteiger partial charge in [0.2, 0.25) is 0 Å². The van der Waals surface area contributed by atoms with Crippen molar-refractivity contribution >= 4 is 0 Å². The molecule has 2 saturated heterocycles. The lowest BCUT2D eigenvalue weighted by atomic mass is 9.62. The van der Waals surface area contributed by atoms with Crippen molar-refractivity contribution in [2.45, 2.75) is 58.0 Å². The summed E-state index contributed by atoms with van der Waals surface area (Å²) in [6.45, 7) is 12.4. The highest BCUT2D eigenvalue weighted by Gasteiger charge is 2.47. The van der Waals surface area contributed by atoms with Crippen molar-refractivity contribution in [3.05, 3.63) is 23.8 Å². The lowest BCUT2D eigenvalue weighted by Crippen LogP contribution is -2.56. The molecule has 6 heteroatoms. The highest BCUT2D eigenvalue weighted by atomic mass is 16.5. The summed E-state index contributed by atoms with van der Waals surface area (Å²) in [6.07, 6.45) is 9.20. The van der Waals surface area contributed by atoms with Crippen molar-refractivity contribution in [2.75, 3.05) is 53.1 Å². The number of morpholine rings is 1. The molecule has 0 N–H and O–H groups in total. The van der Waals surface area contributed by atoms with Crippen LogP contribution in [0.2, 0.25) is 0 Å². The number of hydrogen-bond acceptors (Lipinski definition) is 6. The summed E-state index contributed by atoms with van der Waals surface area (Å²) in [4.78, 5) is 14.4. The van der Waals surface area contributed by atoms with Gasteiger partial charge in [-0.1, -0.05) is 13.8 Å². The third kappa shape index (κ3) is 4.82. The van der Waals surface area contributed by atoms with E-state index in [0.717, 1.165) is 70.3 Å². The van der Waals surface area contributed by atoms with Crippen molar-refractivity contribution in [2.24, 2.45) is 11.3 Å². The van der Waals surface area contributed by atoms with Crippen LogP contribution in [0.4, 0.5) is 0 Å². The highest BCUT2D eigenvalue weighted by Crippen LogP contribution is 2.48. The number of likely N-dealkylation sites (tertiary alicyclic amines) is 1. The number of methoxy groups -OCH3 is 1. The van der Waals surface area contributed by atoms with Crippen molar-refractivity contribution in [3.8, 4) is 0 Å². The minimum Gasteiger partial charge on any atom is -0.384 e. The summed E-state index contributed by atoms with van der Waals surface area (Å²) in [6, 6.07) is 0.734. The van der Waals surface area contributed by atoms with E-state index < -0.39 is 0 Å². The van der Waals surface area contributed by atoms with E-state index in [9.17, 15) is 0 Å². The maximum Gasteiger partial charge on any atom is 0.130 e. The average Bonchev–Trinajstić information content (AvgIpc) is 2.74. The molecule has 1 aromatic heterocycles. The Morgan fingerprint density at radius 1 is 1.17 bits per heavy atom. The quantitative estimate of drug-likeness (QED) is 0.729. The zero-order valence-electron chi connectivity index (χ0n) is 18.5. The van der Waals surface area contributed by atoms with Crippen LogP contribution in [-0.4, -0.2) is 78.9 Å². The minimum absolute atomic E-state index is 0.300. The van der Waals surface area contributed by atoms with E-state index >= 15 is 0 Å². The molecule has 3 unspecified atom stereocenters. The molecule has 4 rings (SSSR count). The topological polar surface area (TPSA) is 50.7 Å². The molecule has 29 heavy (non-hydrogen) atoms. The summed E-state index contributed by atoms with van der Waals surface area (Å²) < 4.78 is 11.3. The molecule has 1 saturated carbocycles. The van der Waals surface area contributed by atoms with Gasteiger partial charge in [-0.05, 0) is 38.1 Å². The number of ether oxygens (including phenoxy) is 2. The molecule has 3 fully saturated rings. The Kier molecular flexibility index (Phi) is 6.84. The highest BCUT2D eigenvalue weighted by molar-refractivity contribution is 5.08. The zero-order valence-corrected chi connectivity index (χ0v) is 18.5. The molecule has 162 valence electrons. The standard InChI is InChI=1S/C23H38N4O2/c1-18(2)22-24-13-19(14-25-22)15-26-7-5-20-12-21(27-8-10-29-11-9-27)4-6-23(20,16-26)17-28-3/h13-14,18,20-21H,4-12,15-17H2,1-3H3. The summed E-state index contributed by atoms with van der Waals surface area (Å²) in [7, 11) is 1.87. The molecular weight excluding hydrogens is 364 g/mol. The first-order valence-electron chi connectivity index (χ1n) is 11.4. The maximum absolute atomic E-state index is 5.78. The first-order valence-corrected chi connectivity index (χ1v) is 11.4. The van der Waals surface area contributed by atoms with Crippen LogP contribution < -0.4 is 0 Å². The Balaban J connectivity index is 1.40. The normalized spacial score (nSPS) is 31.7. The molecule has 2 aliphatic heterocycles. The molecule has 3 aliphatic rings. The molecule has 0 aromatic carbocycles. The smallest absolute Gasteiger partial charge is 0.130 e. The van der Waals surface area contributed by atoms with E-state index in [4.69, 9.17) is 9.47 Å². The van der Waals surface area contributed by atoms with Gasteiger partial charge in [0.05, 0.1) is 19.8 Å². The van der Waals surface area contributed by atoms with E-state index in [-0.39, 0.29) is 0 Å². The fourth-order valence-corrected chi connectivity index (χ4v) is 5.78. The SMILES string of the molecule is COCC12CCC(N3CCOCC3)CC1CCN(Cc1cnc(C(C)C)nc1)C2. The van der Waals surface area contributed by atoms with Gasteiger partial charge in [-0.15, -0.1) is 0 Å². The van der Waals surface area contributed by atoms with Gasteiger partial charge in [0.25, 0.3) is 0 Å². The van der Waals surface area contributed by atoms with Crippen LogP contribution in [0.3, 0.4) is 0 Å². The number of aromatic nitrogens is 2. The van der Waals surface area contributed by atoms with E-state index in [1.165, 1.54) is 31.2 Å². The summed E-state index contributed by atoms with van der Waals surface area (Å²) >= 11 is 0. The van der Waals surface area contributed by atoms with Crippen LogP contribution in [0.5, 0.6) is 0 Å². The molecule has 1 aromatic rings. The maximum atomic E-state index is 5.78. The Morgan fingerprint density at radius 3 is 2.62 bits per heavy atom. The third-order valence-corrected chi connectivity index (χ3v) is 7.37. The van der Waals surface area contributed by atoms with Gasteiger partial charge in [-0.3, -0.25) is 9.80 Å². The number of hydrogen-bond donors (Lipinski definition) is 0. The van der Waals surface area contributed by atoms with Crippen molar-refractivity contribution < 1.29 is 9.47 Å². The molecule has 0 spiro atoms. The van der Waals surface area contributed by atoms with Crippen molar-refractivity contribution in [1.82, 2.24) is 19.8 Å².